The molecule has 0 unspecified atom stereocenters. The third-order valence-corrected chi connectivity index (χ3v) is 2.94. The second kappa shape index (κ2) is 5.04. The molecule has 1 heterocycles. The lowest BCUT2D eigenvalue weighted by Crippen LogP contribution is -2.28. The standard InChI is InChI=1S/C14H17NO2/c1-11-3-8-14(16)15(9-11)10-12-4-6-13(17-2)7-5-12/h4-7,9H,3,8,10H2,1-2H3. The van der Waals surface area contributed by atoms with Gasteiger partial charge in [0.15, 0.2) is 0 Å². The fourth-order valence-corrected chi connectivity index (χ4v) is 1.91. The molecule has 1 aromatic rings. The minimum atomic E-state index is 0.200. The van der Waals surface area contributed by atoms with Crippen LogP contribution in [0.1, 0.15) is 25.3 Å². The number of hydrogen-bond acceptors (Lipinski definition) is 2. The summed E-state index contributed by atoms with van der Waals surface area (Å²) in [5, 5.41) is 0. The van der Waals surface area contributed by atoms with E-state index in [2.05, 4.69) is 6.92 Å². The molecule has 90 valence electrons. The molecular formula is C14H17NO2. The summed E-state index contributed by atoms with van der Waals surface area (Å²) in [6, 6.07) is 7.81. The summed E-state index contributed by atoms with van der Waals surface area (Å²) in [4.78, 5) is 13.5. The van der Waals surface area contributed by atoms with Crippen molar-refractivity contribution in [2.45, 2.75) is 26.3 Å². The van der Waals surface area contributed by atoms with Crippen LogP contribution in [0.25, 0.3) is 0 Å². The van der Waals surface area contributed by atoms with Gasteiger partial charge in [0.2, 0.25) is 5.91 Å². The minimum absolute atomic E-state index is 0.200. The van der Waals surface area contributed by atoms with E-state index in [0.29, 0.717) is 13.0 Å². The van der Waals surface area contributed by atoms with Crippen LogP contribution in [0.2, 0.25) is 0 Å². The van der Waals surface area contributed by atoms with Crippen LogP contribution in [-0.2, 0) is 11.3 Å². The van der Waals surface area contributed by atoms with Gasteiger partial charge in [0.05, 0.1) is 13.7 Å². The van der Waals surface area contributed by atoms with Gasteiger partial charge < -0.3 is 9.64 Å². The van der Waals surface area contributed by atoms with E-state index < -0.39 is 0 Å². The van der Waals surface area contributed by atoms with Crippen molar-refractivity contribution in [1.29, 1.82) is 0 Å². The number of allylic oxidation sites excluding steroid dienone is 1. The van der Waals surface area contributed by atoms with Crippen molar-refractivity contribution in [3.8, 4) is 5.75 Å². The Balaban J connectivity index is 2.09. The Morgan fingerprint density at radius 3 is 2.59 bits per heavy atom. The highest BCUT2D eigenvalue weighted by molar-refractivity contribution is 5.78. The summed E-state index contributed by atoms with van der Waals surface area (Å²) < 4.78 is 5.10. The first kappa shape index (κ1) is 11.7. The van der Waals surface area contributed by atoms with E-state index in [1.165, 1.54) is 5.57 Å². The predicted octanol–water partition coefficient (Wildman–Crippen LogP) is 2.72. The summed E-state index contributed by atoms with van der Waals surface area (Å²) in [6.07, 6.45) is 3.46. The lowest BCUT2D eigenvalue weighted by Gasteiger charge is -2.23. The van der Waals surface area contributed by atoms with E-state index in [4.69, 9.17) is 4.74 Å². The van der Waals surface area contributed by atoms with Crippen molar-refractivity contribution < 1.29 is 9.53 Å². The number of methoxy groups -OCH3 is 1. The Morgan fingerprint density at radius 2 is 1.94 bits per heavy atom. The van der Waals surface area contributed by atoms with Crippen LogP contribution in [0.5, 0.6) is 5.75 Å². The third kappa shape index (κ3) is 2.87. The maximum Gasteiger partial charge on any atom is 0.227 e. The Kier molecular flexibility index (Phi) is 3.47. The lowest BCUT2D eigenvalue weighted by molar-refractivity contribution is -0.129. The summed E-state index contributed by atoms with van der Waals surface area (Å²) in [5.74, 6) is 1.04. The van der Waals surface area contributed by atoms with Gasteiger partial charge in [0, 0.05) is 12.6 Å². The van der Waals surface area contributed by atoms with Crippen molar-refractivity contribution >= 4 is 5.91 Å². The zero-order chi connectivity index (χ0) is 12.3. The Hall–Kier alpha value is -1.77. The molecule has 3 heteroatoms. The van der Waals surface area contributed by atoms with E-state index in [0.717, 1.165) is 17.7 Å². The molecule has 0 spiro atoms. The second-order valence-corrected chi connectivity index (χ2v) is 4.35. The monoisotopic (exact) mass is 231 g/mol. The Labute approximate surface area is 102 Å². The number of benzene rings is 1. The largest absolute Gasteiger partial charge is 0.497 e. The quantitative estimate of drug-likeness (QED) is 0.800. The fraction of sp³-hybridized carbons (Fsp3) is 0.357. The highest BCUT2D eigenvalue weighted by Crippen LogP contribution is 2.19. The zero-order valence-corrected chi connectivity index (χ0v) is 10.3. The number of amides is 1. The van der Waals surface area contributed by atoms with Crippen LogP contribution in [0.15, 0.2) is 36.0 Å². The molecule has 1 aliphatic heterocycles. The second-order valence-electron chi connectivity index (χ2n) is 4.35. The van der Waals surface area contributed by atoms with Crippen molar-refractivity contribution in [2.75, 3.05) is 7.11 Å². The summed E-state index contributed by atoms with van der Waals surface area (Å²) in [5.41, 5.74) is 2.38. The number of rotatable bonds is 3. The van der Waals surface area contributed by atoms with Gasteiger partial charge in [-0.1, -0.05) is 17.7 Å². The first-order chi connectivity index (χ1) is 8.19. The Bertz CT molecular complexity index is 434. The normalized spacial score (nSPS) is 15.8. The van der Waals surface area contributed by atoms with Crippen LogP contribution in [0.3, 0.4) is 0 Å². The molecule has 0 saturated carbocycles. The minimum Gasteiger partial charge on any atom is -0.497 e. The van der Waals surface area contributed by atoms with Crippen LogP contribution in [0.4, 0.5) is 0 Å². The summed E-state index contributed by atoms with van der Waals surface area (Å²) in [7, 11) is 1.65. The smallest absolute Gasteiger partial charge is 0.227 e. The average Bonchev–Trinajstić information content (AvgIpc) is 2.35. The van der Waals surface area contributed by atoms with E-state index >= 15 is 0 Å². The molecule has 0 N–H and O–H groups in total. The van der Waals surface area contributed by atoms with Crippen molar-refractivity contribution in [3.05, 3.63) is 41.6 Å². The van der Waals surface area contributed by atoms with Gasteiger partial charge in [-0.15, -0.1) is 0 Å². The average molecular weight is 231 g/mol. The zero-order valence-electron chi connectivity index (χ0n) is 10.3. The molecule has 1 aliphatic rings. The van der Waals surface area contributed by atoms with E-state index in [9.17, 15) is 4.79 Å². The van der Waals surface area contributed by atoms with Gasteiger partial charge in [0.1, 0.15) is 5.75 Å². The first-order valence-corrected chi connectivity index (χ1v) is 5.79. The van der Waals surface area contributed by atoms with E-state index in [1.54, 1.807) is 12.0 Å². The number of ether oxygens (including phenoxy) is 1. The van der Waals surface area contributed by atoms with Gasteiger partial charge in [-0.05, 0) is 31.0 Å². The van der Waals surface area contributed by atoms with Crippen LogP contribution < -0.4 is 4.74 Å². The SMILES string of the molecule is COc1ccc(CN2C=C(C)CCC2=O)cc1. The molecule has 3 nitrogen and oxygen atoms in total. The molecule has 0 aliphatic carbocycles. The summed E-state index contributed by atoms with van der Waals surface area (Å²) in [6.45, 7) is 2.70. The van der Waals surface area contributed by atoms with Gasteiger partial charge in [-0.3, -0.25) is 4.79 Å². The molecule has 0 atom stereocenters. The van der Waals surface area contributed by atoms with Crippen molar-refractivity contribution in [3.63, 3.8) is 0 Å². The van der Waals surface area contributed by atoms with Crippen LogP contribution in [0, 0.1) is 0 Å². The molecule has 0 radical (unpaired) electrons. The number of carbonyl (C=O) groups is 1. The molecule has 0 aromatic heterocycles. The molecule has 17 heavy (non-hydrogen) atoms. The number of carbonyl (C=O) groups excluding carboxylic acids is 1. The first-order valence-electron chi connectivity index (χ1n) is 5.79. The molecule has 0 fully saturated rings. The molecule has 0 saturated heterocycles. The van der Waals surface area contributed by atoms with E-state index in [-0.39, 0.29) is 5.91 Å². The highest BCUT2D eigenvalue weighted by atomic mass is 16.5. The summed E-state index contributed by atoms with van der Waals surface area (Å²) >= 11 is 0. The highest BCUT2D eigenvalue weighted by Gasteiger charge is 2.16. The maximum atomic E-state index is 11.7. The number of nitrogens with zero attached hydrogens (tertiary/aromatic N) is 1. The fourth-order valence-electron chi connectivity index (χ4n) is 1.91. The van der Waals surface area contributed by atoms with Gasteiger partial charge in [-0.25, -0.2) is 0 Å². The molecule has 0 bridgehead atoms. The van der Waals surface area contributed by atoms with Gasteiger partial charge in [-0.2, -0.15) is 0 Å². The Morgan fingerprint density at radius 1 is 1.24 bits per heavy atom. The van der Waals surface area contributed by atoms with E-state index in [1.807, 2.05) is 30.5 Å². The molecular weight excluding hydrogens is 214 g/mol. The van der Waals surface area contributed by atoms with Crippen molar-refractivity contribution in [2.24, 2.45) is 0 Å². The lowest BCUT2D eigenvalue weighted by atomic mass is 10.1. The van der Waals surface area contributed by atoms with Crippen LogP contribution in [-0.4, -0.2) is 17.9 Å². The van der Waals surface area contributed by atoms with Crippen molar-refractivity contribution in [1.82, 2.24) is 4.90 Å². The maximum absolute atomic E-state index is 11.7. The topological polar surface area (TPSA) is 29.5 Å². The number of hydrogen-bond donors (Lipinski definition) is 0. The van der Waals surface area contributed by atoms with Gasteiger partial charge in [0.25, 0.3) is 0 Å². The third-order valence-electron chi connectivity index (χ3n) is 2.94. The predicted molar refractivity (Wildman–Crippen MR) is 66.5 cm³/mol. The molecule has 1 amide bonds. The molecule has 1 aromatic carbocycles. The molecule has 2 rings (SSSR count). The van der Waals surface area contributed by atoms with Crippen LogP contribution >= 0.6 is 0 Å². The van der Waals surface area contributed by atoms with Gasteiger partial charge >= 0.3 is 0 Å².